The molecule has 0 saturated heterocycles. The van der Waals surface area contributed by atoms with E-state index in [-0.39, 0.29) is 22.4 Å². The Kier molecular flexibility index (Phi) is 6.76. The van der Waals surface area contributed by atoms with E-state index < -0.39 is 15.9 Å². The number of aromatic nitrogens is 2. The minimum atomic E-state index is -3.40. The molecule has 1 aliphatic carbocycles. The SMILES string of the molecule is CS(=O)(=O)/C=C/[C@H](Cc1ccc(O)c(Cl)c1)n1ccc2cc(OC3CCCC3)ncc2c1=O. The van der Waals surface area contributed by atoms with Crippen LogP contribution in [0.15, 0.2) is 59.0 Å². The Bertz CT molecular complexity index is 1360. The van der Waals surface area contributed by atoms with Crippen molar-refractivity contribution in [3.05, 3.63) is 75.1 Å². The van der Waals surface area contributed by atoms with Crippen molar-refractivity contribution >= 4 is 32.2 Å². The van der Waals surface area contributed by atoms with Gasteiger partial charge in [0.25, 0.3) is 5.56 Å². The molecule has 9 heteroatoms. The van der Waals surface area contributed by atoms with Gasteiger partial charge in [-0.3, -0.25) is 4.79 Å². The first-order valence-electron chi connectivity index (χ1n) is 10.7. The van der Waals surface area contributed by atoms with Crippen LogP contribution in [0.3, 0.4) is 0 Å². The first-order valence-corrected chi connectivity index (χ1v) is 13.1. The van der Waals surface area contributed by atoms with Crippen molar-refractivity contribution in [2.24, 2.45) is 0 Å². The molecule has 1 atom stereocenters. The molecule has 0 amide bonds. The highest BCUT2D eigenvalue weighted by molar-refractivity contribution is 7.93. The van der Waals surface area contributed by atoms with Gasteiger partial charge in [0.05, 0.1) is 16.5 Å². The number of phenols is 1. The molecule has 4 rings (SSSR count). The van der Waals surface area contributed by atoms with Crippen LogP contribution in [0.2, 0.25) is 5.02 Å². The second-order valence-electron chi connectivity index (χ2n) is 8.38. The fraction of sp³-hybridized carbons (Fsp3) is 0.333. The molecule has 174 valence electrons. The highest BCUT2D eigenvalue weighted by atomic mass is 35.5. The summed E-state index contributed by atoms with van der Waals surface area (Å²) in [5.74, 6) is 0.451. The maximum atomic E-state index is 13.3. The molecule has 3 aromatic rings. The van der Waals surface area contributed by atoms with Crippen LogP contribution in [-0.4, -0.2) is 35.4 Å². The lowest BCUT2D eigenvalue weighted by atomic mass is 10.0. The molecule has 33 heavy (non-hydrogen) atoms. The number of pyridine rings is 2. The summed E-state index contributed by atoms with van der Waals surface area (Å²) in [6, 6.07) is 7.72. The largest absolute Gasteiger partial charge is 0.506 e. The second-order valence-corrected chi connectivity index (χ2v) is 10.7. The Morgan fingerprint density at radius 1 is 1.27 bits per heavy atom. The number of rotatable bonds is 7. The number of aromatic hydroxyl groups is 1. The van der Waals surface area contributed by atoms with Crippen LogP contribution in [0.25, 0.3) is 10.8 Å². The molecule has 1 fully saturated rings. The fourth-order valence-corrected chi connectivity index (χ4v) is 4.72. The molecule has 1 saturated carbocycles. The van der Waals surface area contributed by atoms with E-state index in [0.29, 0.717) is 23.1 Å². The van der Waals surface area contributed by atoms with E-state index in [2.05, 4.69) is 4.98 Å². The van der Waals surface area contributed by atoms with Crippen molar-refractivity contribution in [1.82, 2.24) is 9.55 Å². The number of nitrogens with zero attached hydrogens (tertiary/aromatic N) is 2. The Morgan fingerprint density at radius 3 is 2.73 bits per heavy atom. The van der Waals surface area contributed by atoms with Gasteiger partial charge in [0.15, 0.2) is 9.84 Å². The molecule has 2 heterocycles. The normalized spacial score (nSPS) is 15.9. The maximum Gasteiger partial charge on any atom is 0.260 e. The zero-order valence-electron chi connectivity index (χ0n) is 18.1. The summed E-state index contributed by atoms with van der Waals surface area (Å²) in [6.07, 6.45) is 10.5. The third-order valence-electron chi connectivity index (χ3n) is 5.74. The van der Waals surface area contributed by atoms with E-state index in [4.69, 9.17) is 16.3 Å². The highest BCUT2D eigenvalue weighted by Crippen LogP contribution is 2.27. The van der Waals surface area contributed by atoms with Crippen LogP contribution in [0, 0.1) is 0 Å². The first kappa shape index (κ1) is 23.3. The number of hydrogen-bond donors (Lipinski definition) is 1. The standard InChI is InChI=1S/C24H25ClN2O5S/c1-33(30,31)11-9-18(12-16-6-7-22(28)21(25)13-16)27-10-8-17-14-23(26-15-20(17)24(27)29)32-19-4-2-3-5-19/h6-11,13-15,18-19,28H,2-5,12H2,1H3/b11-9+/t18-/m1/s1. The Labute approximate surface area is 197 Å². The van der Waals surface area contributed by atoms with Gasteiger partial charge in [-0.1, -0.05) is 23.7 Å². The summed E-state index contributed by atoms with van der Waals surface area (Å²) in [5.41, 5.74) is 0.451. The van der Waals surface area contributed by atoms with Gasteiger partial charge in [0.2, 0.25) is 5.88 Å². The molecule has 1 N–H and O–H groups in total. The van der Waals surface area contributed by atoms with Crippen LogP contribution in [0.1, 0.15) is 37.3 Å². The Morgan fingerprint density at radius 2 is 2.03 bits per heavy atom. The smallest absolute Gasteiger partial charge is 0.260 e. The summed E-state index contributed by atoms with van der Waals surface area (Å²) in [5, 5.41) is 12.1. The molecule has 0 aliphatic heterocycles. The number of hydrogen-bond acceptors (Lipinski definition) is 6. The number of benzene rings is 1. The predicted molar refractivity (Wildman–Crippen MR) is 129 cm³/mol. The number of sulfone groups is 1. The summed E-state index contributed by atoms with van der Waals surface area (Å²) in [6.45, 7) is 0. The molecule has 2 aromatic heterocycles. The van der Waals surface area contributed by atoms with Crippen molar-refractivity contribution in [1.29, 1.82) is 0 Å². The van der Waals surface area contributed by atoms with E-state index in [1.807, 2.05) is 0 Å². The van der Waals surface area contributed by atoms with Gasteiger partial charge >= 0.3 is 0 Å². The van der Waals surface area contributed by atoms with E-state index in [1.165, 1.54) is 22.9 Å². The Balaban J connectivity index is 1.70. The molecular formula is C24H25ClN2O5S. The van der Waals surface area contributed by atoms with Crippen molar-refractivity contribution in [3.8, 4) is 11.6 Å². The lowest BCUT2D eigenvalue weighted by Gasteiger charge is -2.18. The minimum Gasteiger partial charge on any atom is -0.506 e. The van der Waals surface area contributed by atoms with Gasteiger partial charge in [-0.15, -0.1) is 0 Å². The number of phenolic OH excluding ortho intramolecular Hbond substituents is 1. The van der Waals surface area contributed by atoms with Gasteiger partial charge in [-0.25, -0.2) is 13.4 Å². The molecule has 0 unspecified atom stereocenters. The van der Waals surface area contributed by atoms with Crippen LogP contribution in [-0.2, 0) is 16.3 Å². The number of fused-ring (bicyclic) bond motifs is 1. The quantitative estimate of drug-likeness (QED) is 0.528. The molecule has 1 aliphatic rings. The molecule has 0 bridgehead atoms. The lowest BCUT2D eigenvalue weighted by molar-refractivity contribution is 0.202. The molecule has 0 radical (unpaired) electrons. The molecule has 0 spiro atoms. The van der Waals surface area contributed by atoms with E-state index in [0.717, 1.165) is 42.9 Å². The minimum absolute atomic E-state index is 0.0479. The summed E-state index contributed by atoms with van der Waals surface area (Å²) >= 11 is 6.03. The van der Waals surface area contributed by atoms with Crippen LogP contribution < -0.4 is 10.3 Å². The zero-order valence-corrected chi connectivity index (χ0v) is 19.7. The molecule has 7 nitrogen and oxygen atoms in total. The average Bonchev–Trinajstić information content (AvgIpc) is 3.26. The van der Waals surface area contributed by atoms with Crippen LogP contribution in [0.5, 0.6) is 11.6 Å². The zero-order chi connectivity index (χ0) is 23.6. The maximum absolute atomic E-state index is 13.3. The van der Waals surface area contributed by atoms with Gasteiger partial charge in [0, 0.05) is 30.1 Å². The van der Waals surface area contributed by atoms with Crippen molar-refractivity contribution < 1.29 is 18.3 Å². The second kappa shape index (κ2) is 9.57. The van der Waals surface area contributed by atoms with Crippen LogP contribution >= 0.6 is 11.6 Å². The number of ether oxygens (including phenoxy) is 1. The summed E-state index contributed by atoms with van der Waals surface area (Å²) in [7, 11) is -3.40. The van der Waals surface area contributed by atoms with E-state index in [1.54, 1.807) is 30.5 Å². The lowest BCUT2D eigenvalue weighted by Crippen LogP contribution is -2.25. The van der Waals surface area contributed by atoms with Crippen molar-refractivity contribution in [2.45, 2.75) is 44.2 Å². The third-order valence-corrected chi connectivity index (χ3v) is 6.70. The highest BCUT2D eigenvalue weighted by Gasteiger charge is 2.18. The fourth-order valence-electron chi connectivity index (χ4n) is 4.05. The predicted octanol–water partition coefficient (Wildman–Crippen LogP) is 4.42. The van der Waals surface area contributed by atoms with Crippen LogP contribution in [0.4, 0.5) is 0 Å². The summed E-state index contributed by atoms with van der Waals surface area (Å²) in [4.78, 5) is 17.6. The van der Waals surface area contributed by atoms with E-state index in [9.17, 15) is 18.3 Å². The Hall–Kier alpha value is -2.84. The topological polar surface area (TPSA) is 98.5 Å². The van der Waals surface area contributed by atoms with Gasteiger partial charge in [0.1, 0.15) is 11.9 Å². The monoisotopic (exact) mass is 488 g/mol. The van der Waals surface area contributed by atoms with E-state index >= 15 is 0 Å². The van der Waals surface area contributed by atoms with Gasteiger partial charge in [-0.05, 0) is 61.3 Å². The summed E-state index contributed by atoms with van der Waals surface area (Å²) < 4.78 is 30.9. The first-order chi connectivity index (χ1) is 15.7. The average molecular weight is 489 g/mol. The molecular weight excluding hydrogens is 464 g/mol. The number of halogens is 1. The van der Waals surface area contributed by atoms with Gasteiger partial charge < -0.3 is 14.4 Å². The molecule has 1 aromatic carbocycles. The van der Waals surface area contributed by atoms with Gasteiger partial charge in [-0.2, -0.15) is 0 Å². The number of allylic oxidation sites excluding steroid dienone is 1. The third kappa shape index (κ3) is 5.75. The van der Waals surface area contributed by atoms with Crippen molar-refractivity contribution in [3.63, 3.8) is 0 Å². The van der Waals surface area contributed by atoms with Crippen molar-refractivity contribution in [2.75, 3.05) is 6.26 Å².